The second-order valence-corrected chi connectivity index (χ2v) is 5.36. The Labute approximate surface area is 117 Å². The number of aliphatic carboxylic acids is 1. The van der Waals surface area contributed by atoms with Crippen LogP contribution in [0.1, 0.15) is 34.3 Å². The number of hydrogen-bond donors (Lipinski definition) is 2. The molecule has 1 aromatic rings. The minimum Gasteiger partial charge on any atom is -0.480 e. The van der Waals surface area contributed by atoms with Crippen molar-refractivity contribution in [2.75, 3.05) is 13.1 Å². The SMILES string of the molecule is O=C(O)[C@H]1CCCN1C(=O)c1cccc2c1CCNC2. The van der Waals surface area contributed by atoms with Crippen LogP contribution in [-0.2, 0) is 17.8 Å². The third kappa shape index (κ3) is 2.18. The maximum absolute atomic E-state index is 12.7. The summed E-state index contributed by atoms with van der Waals surface area (Å²) in [6.45, 7) is 2.18. The third-order valence-electron chi connectivity index (χ3n) is 4.17. The Hall–Kier alpha value is -1.88. The van der Waals surface area contributed by atoms with Gasteiger partial charge in [0, 0.05) is 18.7 Å². The molecule has 20 heavy (non-hydrogen) atoms. The molecule has 0 radical (unpaired) electrons. The van der Waals surface area contributed by atoms with Crippen LogP contribution in [0.25, 0.3) is 0 Å². The molecule has 5 heteroatoms. The van der Waals surface area contributed by atoms with Gasteiger partial charge in [0.2, 0.25) is 0 Å². The molecule has 5 nitrogen and oxygen atoms in total. The second-order valence-electron chi connectivity index (χ2n) is 5.36. The van der Waals surface area contributed by atoms with Gasteiger partial charge < -0.3 is 15.3 Å². The fourth-order valence-corrected chi connectivity index (χ4v) is 3.15. The van der Waals surface area contributed by atoms with Gasteiger partial charge in [-0.3, -0.25) is 4.79 Å². The molecule has 106 valence electrons. The Bertz CT molecular complexity index is 556. The van der Waals surface area contributed by atoms with Crippen LogP contribution in [0.15, 0.2) is 18.2 Å². The van der Waals surface area contributed by atoms with Crippen molar-refractivity contribution in [1.29, 1.82) is 0 Å². The lowest BCUT2D eigenvalue weighted by Crippen LogP contribution is -2.41. The van der Waals surface area contributed by atoms with Gasteiger partial charge in [-0.05, 0) is 43.0 Å². The molecular formula is C15H18N2O3. The number of benzene rings is 1. The number of carboxylic acid groups (broad SMARTS) is 1. The summed E-state index contributed by atoms with van der Waals surface area (Å²) in [5, 5.41) is 12.5. The zero-order valence-electron chi connectivity index (χ0n) is 11.3. The van der Waals surface area contributed by atoms with Crippen molar-refractivity contribution < 1.29 is 14.7 Å². The van der Waals surface area contributed by atoms with E-state index < -0.39 is 12.0 Å². The van der Waals surface area contributed by atoms with Crippen molar-refractivity contribution in [1.82, 2.24) is 10.2 Å². The van der Waals surface area contributed by atoms with Gasteiger partial charge in [0.1, 0.15) is 6.04 Å². The first-order chi connectivity index (χ1) is 9.68. The number of amides is 1. The van der Waals surface area contributed by atoms with Crippen LogP contribution in [0.3, 0.4) is 0 Å². The quantitative estimate of drug-likeness (QED) is 0.845. The molecule has 0 unspecified atom stereocenters. The Kier molecular flexibility index (Phi) is 3.44. The number of carbonyl (C=O) groups is 2. The maximum atomic E-state index is 12.7. The minimum atomic E-state index is -0.901. The van der Waals surface area contributed by atoms with E-state index in [1.54, 1.807) is 0 Å². The minimum absolute atomic E-state index is 0.131. The van der Waals surface area contributed by atoms with Gasteiger partial charge in [-0.2, -0.15) is 0 Å². The molecule has 2 heterocycles. The maximum Gasteiger partial charge on any atom is 0.326 e. The molecule has 0 aromatic heterocycles. The summed E-state index contributed by atoms with van der Waals surface area (Å²) in [5.41, 5.74) is 2.90. The highest BCUT2D eigenvalue weighted by molar-refractivity contribution is 5.98. The highest BCUT2D eigenvalue weighted by atomic mass is 16.4. The van der Waals surface area contributed by atoms with E-state index in [0.717, 1.165) is 37.1 Å². The Morgan fingerprint density at radius 1 is 1.35 bits per heavy atom. The van der Waals surface area contributed by atoms with Crippen LogP contribution in [0.5, 0.6) is 0 Å². The standard InChI is InChI=1S/C15H18N2O3/c18-14(17-8-2-5-13(17)15(19)20)12-4-1-3-10-9-16-7-6-11(10)12/h1,3-4,13,16H,2,5-9H2,(H,19,20)/t13-/m1/s1. The Morgan fingerprint density at radius 3 is 3.00 bits per heavy atom. The number of likely N-dealkylation sites (tertiary alicyclic amines) is 1. The van der Waals surface area contributed by atoms with Crippen molar-refractivity contribution in [3.8, 4) is 0 Å². The molecule has 1 saturated heterocycles. The first-order valence-electron chi connectivity index (χ1n) is 7.04. The lowest BCUT2D eigenvalue weighted by atomic mass is 9.94. The lowest BCUT2D eigenvalue weighted by Gasteiger charge is -2.25. The largest absolute Gasteiger partial charge is 0.480 e. The molecule has 1 aromatic carbocycles. The van der Waals surface area contributed by atoms with Crippen LogP contribution in [0.4, 0.5) is 0 Å². The molecular weight excluding hydrogens is 256 g/mol. The van der Waals surface area contributed by atoms with Gasteiger partial charge in [-0.15, -0.1) is 0 Å². The van der Waals surface area contributed by atoms with Crippen LogP contribution in [0, 0.1) is 0 Å². The predicted octanol–water partition coefficient (Wildman–Crippen LogP) is 1.02. The number of rotatable bonds is 2. The average molecular weight is 274 g/mol. The third-order valence-corrected chi connectivity index (χ3v) is 4.17. The molecule has 2 aliphatic heterocycles. The summed E-state index contributed by atoms with van der Waals surface area (Å²) in [4.78, 5) is 25.4. The summed E-state index contributed by atoms with van der Waals surface area (Å²) >= 11 is 0. The highest BCUT2D eigenvalue weighted by Gasteiger charge is 2.35. The van der Waals surface area contributed by atoms with Crippen molar-refractivity contribution in [3.63, 3.8) is 0 Å². The smallest absolute Gasteiger partial charge is 0.326 e. The molecule has 2 N–H and O–H groups in total. The van der Waals surface area contributed by atoms with Crippen molar-refractivity contribution in [2.24, 2.45) is 0 Å². The normalized spacial score (nSPS) is 21.6. The fourth-order valence-electron chi connectivity index (χ4n) is 3.15. The number of carboxylic acids is 1. The monoisotopic (exact) mass is 274 g/mol. The van der Waals surface area contributed by atoms with Gasteiger partial charge in [0.05, 0.1) is 0 Å². The number of hydrogen-bond acceptors (Lipinski definition) is 3. The van der Waals surface area contributed by atoms with E-state index in [9.17, 15) is 14.7 Å². The van der Waals surface area contributed by atoms with Gasteiger partial charge in [0.25, 0.3) is 5.91 Å². The first-order valence-corrected chi connectivity index (χ1v) is 7.04. The van der Waals surface area contributed by atoms with Crippen LogP contribution < -0.4 is 5.32 Å². The number of nitrogens with zero attached hydrogens (tertiary/aromatic N) is 1. The molecule has 0 spiro atoms. The lowest BCUT2D eigenvalue weighted by molar-refractivity contribution is -0.141. The van der Waals surface area contributed by atoms with Crippen molar-refractivity contribution in [3.05, 3.63) is 34.9 Å². The Balaban J connectivity index is 1.93. The van der Waals surface area contributed by atoms with E-state index in [1.807, 2.05) is 18.2 Å². The summed E-state index contributed by atoms with van der Waals surface area (Å²) < 4.78 is 0. The second kappa shape index (κ2) is 5.25. The van der Waals surface area contributed by atoms with E-state index in [0.29, 0.717) is 18.5 Å². The van der Waals surface area contributed by atoms with Crippen LogP contribution >= 0.6 is 0 Å². The number of carbonyl (C=O) groups excluding carboxylic acids is 1. The number of fused-ring (bicyclic) bond motifs is 1. The molecule has 1 amide bonds. The van der Waals surface area contributed by atoms with Gasteiger partial charge >= 0.3 is 5.97 Å². The molecule has 0 bridgehead atoms. The zero-order valence-corrected chi connectivity index (χ0v) is 11.3. The molecule has 1 atom stereocenters. The fraction of sp³-hybridized carbons (Fsp3) is 0.467. The average Bonchev–Trinajstić information content (AvgIpc) is 2.95. The molecule has 1 fully saturated rings. The molecule has 2 aliphatic rings. The van der Waals surface area contributed by atoms with Crippen molar-refractivity contribution >= 4 is 11.9 Å². The molecule has 3 rings (SSSR count). The van der Waals surface area contributed by atoms with Crippen molar-refractivity contribution in [2.45, 2.75) is 31.8 Å². The summed E-state index contributed by atoms with van der Waals surface area (Å²) in [6, 6.07) is 5.06. The predicted molar refractivity (Wildman–Crippen MR) is 73.5 cm³/mol. The summed E-state index contributed by atoms with van der Waals surface area (Å²) in [7, 11) is 0. The zero-order chi connectivity index (χ0) is 14.1. The first kappa shape index (κ1) is 13.1. The summed E-state index contributed by atoms with van der Waals surface area (Å²) in [6.07, 6.45) is 2.14. The van der Waals surface area contributed by atoms with E-state index in [4.69, 9.17) is 0 Å². The van der Waals surface area contributed by atoms with E-state index in [-0.39, 0.29) is 5.91 Å². The van der Waals surface area contributed by atoms with E-state index in [1.165, 1.54) is 4.90 Å². The van der Waals surface area contributed by atoms with E-state index >= 15 is 0 Å². The highest BCUT2D eigenvalue weighted by Crippen LogP contribution is 2.24. The van der Waals surface area contributed by atoms with Gasteiger partial charge in [-0.1, -0.05) is 12.1 Å². The Morgan fingerprint density at radius 2 is 2.20 bits per heavy atom. The van der Waals surface area contributed by atoms with Gasteiger partial charge in [0.15, 0.2) is 0 Å². The molecule has 0 saturated carbocycles. The van der Waals surface area contributed by atoms with Crippen LogP contribution in [-0.4, -0.2) is 41.0 Å². The topological polar surface area (TPSA) is 69.6 Å². The number of nitrogens with one attached hydrogen (secondary N) is 1. The van der Waals surface area contributed by atoms with Crippen LogP contribution in [0.2, 0.25) is 0 Å². The molecule has 0 aliphatic carbocycles. The van der Waals surface area contributed by atoms with E-state index in [2.05, 4.69) is 5.32 Å². The van der Waals surface area contributed by atoms with Gasteiger partial charge in [-0.25, -0.2) is 4.79 Å². The summed E-state index contributed by atoms with van der Waals surface area (Å²) in [5.74, 6) is -1.03.